The highest BCUT2D eigenvalue weighted by Gasteiger charge is 2.40. The van der Waals surface area contributed by atoms with Crippen molar-refractivity contribution in [2.45, 2.75) is 38.5 Å². The zero-order valence-electron chi connectivity index (χ0n) is 14.4. The number of hydrogen-bond donors (Lipinski definition) is 1. The van der Waals surface area contributed by atoms with E-state index in [4.69, 9.17) is 14.2 Å². The van der Waals surface area contributed by atoms with Gasteiger partial charge in [-0.15, -0.1) is 0 Å². The van der Waals surface area contributed by atoms with Crippen molar-refractivity contribution in [3.8, 4) is 5.75 Å². The Morgan fingerprint density at radius 2 is 1.88 bits per heavy atom. The Labute approximate surface area is 143 Å². The highest BCUT2D eigenvalue weighted by atomic mass is 16.7. The zero-order valence-corrected chi connectivity index (χ0v) is 14.4. The Bertz CT molecular complexity index is 545. The van der Waals surface area contributed by atoms with Gasteiger partial charge in [-0.2, -0.15) is 0 Å². The van der Waals surface area contributed by atoms with Crippen LogP contribution in [0.4, 0.5) is 4.79 Å². The fourth-order valence-corrected chi connectivity index (χ4v) is 3.04. The molecule has 0 radical (unpaired) electrons. The smallest absolute Gasteiger partial charge is 0.317 e. The number of amides is 2. The Morgan fingerprint density at radius 1 is 1.25 bits per heavy atom. The third kappa shape index (κ3) is 4.19. The standard InChI is InChI=1S/C18H26N2O4/c1-14-3-5-16(6-4-14)22-13-15(2)19-17(21)20-9-7-18(8-10-20)23-11-12-24-18/h3-6,15H,7-13H2,1-2H3,(H,19,21). The predicted molar refractivity (Wildman–Crippen MR) is 90.1 cm³/mol. The van der Waals surface area contributed by atoms with E-state index in [-0.39, 0.29) is 12.1 Å². The molecule has 24 heavy (non-hydrogen) atoms. The summed E-state index contributed by atoms with van der Waals surface area (Å²) >= 11 is 0. The summed E-state index contributed by atoms with van der Waals surface area (Å²) < 4.78 is 17.1. The molecule has 0 bridgehead atoms. The lowest BCUT2D eigenvalue weighted by atomic mass is 10.0. The number of piperidine rings is 1. The molecule has 1 N–H and O–H groups in total. The highest BCUT2D eigenvalue weighted by Crippen LogP contribution is 2.31. The number of likely N-dealkylation sites (tertiary alicyclic amines) is 1. The number of ether oxygens (including phenoxy) is 3. The van der Waals surface area contributed by atoms with Gasteiger partial charge < -0.3 is 24.4 Å². The number of aryl methyl sites for hydroxylation is 1. The van der Waals surface area contributed by atoms with Crippen LogP contribution in [0.1, 0.15) is 25.3 Å². The fourth-order valence-electron chi connectivity index (χ4n) is 3.04. The average Bonchev–Trinajstić information content (AvgIpc) is 3.03. The topological polar surface area (TPSA) is 60.0 Å². The van der Waals surface area contributed by atoms with Crippen LogP contribution in [0.3, 0.4) is 0 Å². The summed E-state index contributed by atoms with van der Waals surface area (Å²) in [7, 11) is 0. The van der Waals surface area contributed by atoms with Crippen LogP contribution < -0.4 is 10.1 Å². The molecule has 2 aliphatic rings. The third-order valence-corrected chi connectivity index (χ3v) is 4.52. The fraction of sp³-hybridized carbons (Fsp3) is 0.611. The second kappa shape index (κ2) is 7.40. The monoisotopic (exact) mass is 334 g/mol. The van der Waals surface area contributed by atoms with Gasteiger partial charge in [0.05, 0.1) is 19.3 Å². The summed E-state index contributed by atoms with van der Waals surface area (Å²) in [5, 5.41) is 2.99. The summed E-state index contributed by atoms with van der Waals surface area (Å²) in [6.45, 7) is 7.03. The zero-order chi connectivity index (χ0) is 17.0. The molecule has 2 amide bonds. The normalized spacial score (nSPS) is 20.8. The molecule has 3 rings (SSSR count). The third-order valence-electron chi connectivity index (χ3n) is 4.52. The van der Waals surface area contributed by atoms with Crippen molar-refractivity contribution in [3.63, 3.8) is 0 Å². The van der Waals surface area contributed by atoms with Gasteiger partial charge in [0.25, 0.3) is 0 Å². The van der Waals surface area contributed by atoms with Crippen LogP contribution >= 0.6 is 0 Å². The number of carbonyl (C=O) groups excluding carboxylic acids is 1. The number of carbonyl (C=O) groups is 1. The molecule has 1 unspecified atom stereocenters. The lowest BCUT2D eigenvalue weighted by Crippen LogP contribution is -2.52. The van der Waals surface area contributed by atoms with Crippen molar-refractivity contribution in [2.24, 2.45) is 0 Å². The van der Waals surface area contributed by atoms with Crippen LogP contribution in [-0.2, 0) is 9.47 Å². The van der Waals surface area contributed by atoms with Crippen molar-refractivity contribution in [3.05, 3.63) is 29.8 Å². The van der Waals surface area contributed by atoms with Crippen LogP contribution in [0.15, 0.2) is 24.3 Å². The SMILES string of the molecule is Cc1ccc(OCC(C)NC(=O)N2CCC3(CC2)OCCO3)cc1. The molecule has 2 aliphatic heterocycles. The van der Waals surface area contributed by atoms with E-state index in [0.717, 1.165) is 18.6 Å². The van der Waals surface area contributed by atoms with Gasteiger partial charge in [0.1, 0.15) is 12.4 Å². The van der Waals surface area contributed by atoms with Crippen molar-refractivity contribution in [1.29, 1.82) is 0 Å². The van der Waals surface area contributed by atoms with Gasteiger partial charge in [0, 0.05) is 25.9 Å². The summed E-state index contributed by atoms with van der Waals surface area (Å²) in [5.74, 6) is 0.369. The number of rotatable bonds is 4. The minimum absolute atomic E-state index is 0.0529. The lowest BCUT2D eigenvalue weighted by Gasteiger charge is -2.37. The molecule has 0 saturated carbocycles. The molecule has 1 aromatic carbocycles. The van der Waals surface area contributed by atoms with Crippen LogP contribution in [0.25, 0.3) is 0 Å². The number of hydrogen-bond acceptors (Lipinski definition) is 4. The number of nitrogens with one attached hydrogen (secondary N) is 1. The molecule has 0 aliphatic carbocycles. The minimum Gasteiger partial charge on any atom is -0.491 e. The average molecular weight is 334 g/mol. The molecule has 6 heteroatoms. The molecule has 2 fully saturated rings. The van der Waals surface area contributed by atoms with Crippen molar-refractivity contribution in [2.75, 3.05) is 32.9 Å². The van der Waals surface area contributed by atoms with Gasteiger partial charge in [-0.05, 0) is 26.0 Å². The Hall–Kier alpha value is -1.79. The van der Waals surface area contributed by atoms with Crippen molar-refractivity contribution in [1.82, 2.24) is 10.2 Å². The number of urea groups is 1. The van der Waals surface area contributed by atoms with Gasteiger partial charge in [0.2, 0.25) is 0 Å². The van der Waals surface area contributed by atoms with Crippen molar-refractivity contribution < 1.29 is 19.0 Å². The maximum atomic E-state index is 12.3. The van der Waals surface area contributed by atoms with E-state index < -0.39 is 5.79 Å². The van der Waals surface area contributed by atoms with E-state index in [1.165, 1.54) is 5.56 Å². The van der Waals surface area contributed by atoms with Crippen molar-refractivity contribution >= 4 is 6.03 Å². The predicted octanol–water partition coefficient (Wildman–Crippen LogP) is 2.31. The van der Waals surface area contributed by atoms with Gasteiger partial charge in [-0.25, -0.2) is 4.79 Å². The van der Waals surface area contributed by atoms with Gasteiger partial charge in [-0.1, -0.05) is 17.7 Å². The molecule has 1 spiro atoms. The number of nitrogens with zero attached hydrogens (tertiary/aromatic N) is 1. The number of benzene rings is 1. The molecular weight excluding hydrogens is 308 g/mol. The van der Waals surface area contributed by atoms with Gasteiger partial charge >= 0.3 is 6.03 Å². The Morgan fingerprint density at radius 3 is 2.50 bits per heavy atom. The second-order valence-electron chi connectivity index (χ2n) is 6.57. The first kappa shape index (κ1) is 17.0. The molecule has 6 nitrogen and oxygen atoms in total. The maximum Gasteiger partial charge on any atom is 0.317 e. The van der Waals surface area contributed by atoms with E-state index >= 15 is 0 Å². The molecule has 1 aromatic rings. The van der Waals surface area contributed by atoms with E-state index in [1.54, 1.807) is 0 Å². The van der Waals surface area contributed by atoms with E-state index in [9.17, 15) is 4.79 Å². The van der Waals surface area contributed by atoms with E-state index in [1.807, 2.05) is 43.0 Å². The highest BCUT2D eigenvalue weighted by molar-refractivity contribution is 5.74. The van der Waals surface area contributed by atoms with Crippen LogP contribution in [0.5, 0.6) is 5.75 Å². The summed E-state index contributed by atoms with van der Waals surface area (Å²) in [6, 6.07) is 7.78. The van der Waals surface area contributed by atoms with E-state index in [0.29, 0.717) is 32.9 Å². The minimum atomic E-state index is -0.447. The summed E-state index contributed by atoms with van der Waals surface area (Å²) in [5.41, 5.74) is 1.20. The largest absolute Gasteiger partial charge is 0.491 e. The summed E-state index contributed by atoms with van der Waals surface area (Å²) in [4.78, 5) is 14.2. The van der Waals surface area contributed by atoms with Crippen LogP contribution in [0, 0.1) is 6.92 Å². The molecule has 132 valence electrons. The molecule has 0 aromatic heterocycles. The second-order valence-corrected chi connectivity index (χ2v) is 6.57. The Balaban J connectivity index is 1.40. The quantitative estimate of drug-likeness (QED) is 0.918. The molecular formula is C18H26N2O4. The van der Waals surface area contributed by atoms with Crippen LogP contribution in [0.2, 0.25) is 0 Å². The Kier molecular flexibility index (Phi) is 5.26. The van der Waals surface area contributed by atoms with Crippen LogP contribution in [-0.4, -0.2) is 55.7 Å². The van der Waals surface area contributed by atoms with E-state index in [2.05, 4.69) is 5.32 Å². The molecule has 2 heterocycles. The maximum absolute atomic E-state index is 12.3. The van der Waals surface area contributed by atoms with Gasteiger partial charge in [0.15, 0.2) is 5.79 Å². The first-order valence-corrected chi connectivity index (χ1v) is 8.59. The molecule has 1 atom stereocenters. The lowest BCUT2D eigenvalue weighted by molar-refractivity contribution is -0.181. The molecule has 2 saturated heterocycles. The first-order valence-electron chi connectivity index (χ1n) is 8.59. The summed E-state index contributed by atoms with van der Waals surface area (Å²) in [6.07, 6.45) is 1.46. The first-order chi connectivity index (χ1) is 11.6. The van der Waals surface area contributed by atoms with Gasteiger partial charge in [-0.3, -0.25) is 0 Å².